The van der Waals surface area contributed by atoms with Crippen LogP contribution in [-0.4, -0.2) is 27.4 Å². The molecule has 1 atom stereocenters. The summed E-state index contributed by atoms with van der Waals surface area (Å²) in [5, 5.41) is 3.00. The number of carbonyl (C=O) groups excluding carboxylic acids is 1. The Hall–Kier alpha value is -1.89. The van der Waals surface area contributed by atoms with E-state index in [9.17, 15) is 13.2 Å². The number of rotatable bonds is 5. The molecule has 2 rings (SSSR count). The van der Waals surface area contributed by atoms with Crippen molar-refractivity contribution in [2.24, 2.45) is 0 Å². The van der Waals surface area contributed by atoms with E-state index in [-0.39, 0.29) is 4.90 Å². The topological polar surface area (TPSA) is 75.3 Å². The molecule has 0 fully saturated rings. The first-order valence-corrected chi connectivity index (χ1v) is 9.21. The van der Waals surface area contributed by atoms with Crippen LogP contribution < -0.4 is 10.0 Å². The van der Waals surface area contributed by atoms with Crippen molar-refractivity contribution >= 4 is 27.5 Å². The summed E-state index contributed by atoms with van der Waals surface area (Å²) < 4.78 is 27.0. The summed E-state index contributed by atoms with van der Waals surface area (Å²) in [4.78, 5) is 11.6. The Kier molecular flexibility index (Phi) is 5.64. The van der Waals surface area contributed by atoms with Crippen LogP contribution in [0.15, 0.2) is 47.4 Å². The molecule has 0 aliphatic carbocycles. The Balaban J connectivity index is 2.28. The van der Waals surface area contributed by atoms with Crippen molar-refractivity contribution in [1.82, 2.24) is 10.0 Å². The van der Waals surface area contributed by atoms with Gasteiger partial charge < -0.3 is 5.32 Å². The number of amides is 1. The molecular formula is C17H19ClN2O3S. The van der Waals surface area contributed by atoms with E-state index in [4.69, 9.17) is 11.6 Å². The van der Waals surface area contributed by atoms with Crippen molar-refractivity contribution in [2.45, 2.75) is 24.8 Å². The van der Waals surface area contributed by atoms with Gasteiger partial charge in [0.1, 0.15) is 0 Å². The van der Waals surface area contributed by atoms with E-state index in [1.54, 1.807) is 12.1 Å². The molecule has 2 aromatic rings. The highest BCUT2D eigenvalue weighted by Gasteiger charge is 2.21. The Bertz CT molecular complexity index is 849. The van der Waals surface area contributed by atoms with Crippen LogP contribution in [0.4, 0.5) is 0 Å². The molecular weight excluding hydrogens is 348 g/mol. The molecule has 0 aliphatic rings. The largest absolute Gasteiger partial charge is 0.358 e. The number of likely N-dealkylation sites (N-methyl/N-ethyl adjacent to an activating group) is 1. The molecule has 2 N–H and O–H groups in total. The Labute approximate surface area is 147 Å². The second-order valence-corrected chi connectivity index (χ2v) is 7.59. The second-order valence-electron chi connectivity index (χ2n) is 5.46. The summed E-state index contributed by atoms with van der Waals surface area (Å²) in [6.07, 6.45) is 0. The molecule has 1 amide bonds. The molecule has 0 aromatic heterocycles. The second kappa shape index (κ2) is 7.34. The van der Waals surface area contributed by atoms with Crippen LogP contribution in [0.25, 0.3) is 11.1 Å². The standard InChI is InChI=1S/C17H19ClN2O3S/c1-11-4-9-16(18)15(10-11)13-5-7-14(8-6-13)24(22,23)20-12(2)17(21)19-3/h4-10,12,20H,1-3H3,(H,19,21)/t12-/m0/s1. The molecule has 0 saturated heterocycles. The van der Waals surface area contributed by atoms with Gasteiger partial charge in [0.25, 0.3) is 0 Å². The van der Waals surface area contributed by atoms with Crippen molar-refractivity contribution in [3.05, 3.63) is 53.1 Å². The average molecular weight is 367 g/mol. The smallest absolute Gasteiger partial charge is 0.241 e. The molecule has 128 valence electrons. The number of sulfonamides is 1. The quantitative estimate of drug-likeness (QED) is 0.854. The van der Waals surface area contributed by atoms with Crippen LogP contribution in [0, 0.1) is 6.92 Å². The van der Waals surface area contributed by atoms with Crippen LogP contribution >= 0.6 is 11.6 Å². The molecule has 0 radical (unpaired) electrons. The summed E-state index contributed by atoms with van der Waals surface area (Å²) in [5.74, 6) is -0.401. The van der Waals surface area contributed by atoms with Gasteiger partial charge in [-0.2, -0.15) is 4.72 Å². The van der Waals surface area contributed by atoms with Crippen LogP contribution in [0.2, 0.25) is 5.02 Å². The third kappa shape index (κ3) is 4.14. The normalized spacial score (nSPS) is 12.7. The SMILES string of the molecule is CNC(=O)[C@H](C)NS(=O)(=O)c1ccc(-c2cc(C)ccc2Cl)cc1. The average Bonchev–Trinajstić information content (AvgIpc) is 2.56. The maximum Gasteiger partial charge on any atom is 0.241 e. The van der Waals surface area contributed by atoms with E-state index in [0.717, 1.165) is 16.7 Å². The predicted molar refractivity (Wildman–Crippen MR) is 95.5 cm³/mol. The number of halogens is 1. The highest BCUT2D eigenvalue weighted by molar-refractivity contribution is 7.89. The Morgan fingerprint density at radius 2 is 1.75 bits per heavy atom. The minimum atomic E-state index is -3.78. The first kappa shape index (κ1) is 18.4. The first-order valence-electron chi connectivity index (χ1n) is 7.35. The lowest BCUT2D eigenvalue weighted by Crippen LogP contribution is -2.43. The van der Waals surface area contributed by atoms with E-state index in [1.807, 2.05) is 25.1 Å². The van der Waals surface area contributed by atoms with Crippen LogP contribution in [0.5, 0.6) is 0 Å². The van der Waals surface area contributed by atoms with Crippen LogP contribution in [-0.2, 0) is 14.8 Å². The Morgan fingerprint density at radius 3 is 2.33 bits per heavy atom. The minimum Gasteiger partial charge on any atom is -0.358 e. The molecule has 2 aromatic carbocycles. The third-order valence-corrected chi connectivity index (χ3v) is 5.46. The summed E-state index contributed by atoms with van der Waals surface area (Å²) in [6, 6.07) is 11.2. The van der Waals surface area contributed by atoms with Gasteiger partial charge in [0.2, 0.25) is 15.9 Å². The maximum absolute atomic E-state index is 12.3. The van der Waals surface area contributed by atoms with Crippen molar-refractivity contribution in [3.8, 4) is 11.1 Å². The number of hydrogen-bond donors (Lipinski definition) is 2. The molecule has 7 heteroatoms. The van der Waals surface area contributed by atoms with Crippen molar-refractivity contribution in [1.29, 1.82) is 0 Å². The van der Waals surface area contributed by atoms with Gasteiger partial charge in [-0.3, -0.25) is 4.79 Å². The Morgan fingerprint density at radius 1 is 1.12 bits per heavy atom. The van der Waals surface area contributed by atoms with E-state index >= 15 is 0 Å². The molecule has 0 heterocycles. The van der Waals surface area contributed by atoms with Crippen LogP contribution in [0.1, 0.15) is 12.5 Å². The molecule has 0 aliphatic heterocycles. The maximum atomic E-state index is 12.3. The van der Waals surface area contributed by atoms with E-state index in [0.29, 0.717) is 5.02 Å². The summed E-state index contributed by atoms with van der Waals surface area (Å²) in [6.45, 7) is 3.44. The van der Waals surface area contributed by atoms with Crippen LogP contribution in [0.3, 0.4) is 0 Å². The van der Waals surface area contributed by atoms with E-state index < -0.39 is 22.0 Å². The molecule has 5 nitrogen and oxygen atoms in total. The highest BCUT2D eigenvalue weighted by atomic mass is 35.5. The number of aryl methyl sites for hydroxylation is 1. The lowest BCUT2D eigenvalue weighted by molar-refractivity contribution is -0.121. The van der Waals surface area contributed by atoms with Gasteiger partial charge in [-0.15, -0.1) is 0 Å². The number of carbonyl (C=O) groups is 1. The van der Waals surface area contributed by atoms with Crippen molar-refractivity contribution in [3.63, 3.8) is 0 Å². The van der Waals surface area contributed by atoms with Gasteiger partial charge in [-0.25, -0.2) is 8.42 Å². The summed E-state index contributed by atoms with van der Waals surface area (Å²) in [5.41, 5.74) is 2.72. The zero-order valence-corrected chi connectivity index (χ0v) is 15.2. The van der Waals surface area contributed by atoms with Gasteiger partial charge in [0.15, 0.2) is 0 Å². The number of nitrogens with one attached hydrogen (secondary N) is 2. The van der Waals surface area contributed by atoms with Gasteiger partial charge >= 0.3 is 0 Å². The van der Waals surface area contributed by atoms with Gasteiger partial charge in [-0.1, -0.05) is 35.4 Å². The number of hydrogen-bond acceptors (Lipinski definition) is 3. The predicted octanol–water partition coefficient (Wildman–Crippen LogP) is 2.73. The minimum absolute atomic E-state index is 0.0887. The lowest BCUT2D eigenvalue weighted by Gasteiger charge is -2.13. The molecule has 0 bridgehead atoms. The van der Waals surface area contributed by atoms with E-state index in [2.05, 4.69) is 10.0 Å². The van der Waals surface area contributed by atoms with E-state index in [1.165, 1.54) is 26.1 Å². The lowest BCUT2D eigenvalue weighted by atomic mass is 10.0. The third-order valence-electron chi connectivity index (χ3n) is 3.57. The van der Waals surface area contributed by atoms with Gasteiger partial charge in [0, 0.05) is 17.6 Å². The monoisotopic (exact) mass is 366 g/mol. The summed E-state index contributed by atoms with van der Waals surface area (Å²) >= 11 is 6.21. The fourth-order valence-electron chi connectivity index (χ4n) is 2.24. The molecule has 0 spiro atoms. The number of benzene rings is 2. The molecule has 0 unspecified atom stereocenters. The fraction of sp³-hybridized carbons (Fsp3) is 0.235. The summed E-state index contributed by atoms with van der Waals surface area (Å²) in [7, 11) is -2.32. The fourth-order valence-corrected chi connectivity index (χ4v) is 3.67. The first-order chi connectivity index (χ1) is 11.2. The zero-order valence-electron chi connectivity index (χ0n) is 13.6. The molecule has 0 saturated carbocycles. The zero-order chi connectivity index (χ0) is 17.9. The highest BCUT2D eigenvalue weighted by Crippen LogP contribution is 2.29. The van der Waals surface area contributed by atoms with Gasteiger partial charge in [0.05, 0.1) is 10.9 Å². The van der Waals surface area contributed by atoms with Crippen molar-refractivity contribution < 1.29 is 13.2 Å². The molecule has 24 heavy (non-hydrogen) atoms. The van der Waals surface area contributed by atoms with Gasteiger partial charge in [-0.05, 0) is 43.7 Å². The van der Waals surface area contributed by atoms with Crippen molar-refractivity contribution in [2.75, 3.05) is 7.05 Å².